The predicted octanol–water partition coefficient (Wildman–Crippen LogP) is 1.33. The molecular formula is C13H21N7O. The van der Waals surface area contributed by atoms with Crippen LogP contribution in [0.15, 0.2) is 18.5 Å². The van der Waals surface area contributed by atoms with Crippen LogP contribution in [0.25, 0.3) is 5.95 Å². The van der Waals surface area contributed by atoms with Gasteiger partial charge < -0.3 is 15.4 Å². The van der Waals surface area contributed by atoms with E-state index in [0.29, 0.717) is 31.1 Å². The van der Waals surface area contributed by atoms with E-state index in [1.807, 2.05) is 26.8 Å². The molecule has 1 atom stereocenters. The molecule has 1 unspecified atom stereocenters. The van der Waals surface area contributed by atoms with Crippen molar-refractivity contribution in [3.05, 3.63) is 18.5 Å². The van der Waals surface area contributed by atoms with E-state index in [1.54, 1.807) is 17.1 Å². The Morgan fingerprint density at radius 3 is 2.71 bits per heavy atom. The van der Waals surface area contributed by atoms with E-state index >= 15 is 0 Å². The van der Waals surface area contributed by atoms with E-state index in [4.69, 9.17) is 4.74 Å². The summed E-state index contributed by atoms with van der Waals surface area (Å²) in [5.41, 5.74) is 0. The first-order valence-corrected chi connectivity index (χ1v) is 7.07. The maximum absolute atomic E-state index is 5.38. The van der Waals surface area contributed by atoms with E-state index in [0.717, 1.165) is 6.54 Å². The van der Waals surface area contributed by atoms with E-state index < -0.39 is 0 Å². The summed E-state index contributed by atoms with van der Waals surface area (Å²) in [5, 5.41) is 10.4. The van der Waals surface area contributed by atoms with Gasteiger partial charge in [-0.3, -0.25) is 0 Å². The first-order valence-electron chi connectivity index (χ1n) is 7.07. The fraction of sp³-hybridized carbons (Fsp3) is 0.538. The molecular weight excluding hydrogens is 270 g/mol. The number of hydrogen-bond acceptors (Lipinski definition) is 7. The second-order valence-corrected chi connectivity index (χ2v) is 4.47. The van der Waals surface area contributed by atoms with Crippen LogP contribution in [-0.4, -0.2) is 50.5 Å². The zero-order chi connectivity index (χ0) is 15.1. The Morgan fingerprint density at radius 2 is 2.05 bits per heavy atom. The maximum Gasteiger partial charge on any atom is 0.257 e. The van der Waals surface area contributed by atoms with Crippen molar-refractivity contribution in [2.24, 2.45) is 0 Å². The molecule has 0 fully saturated rings. The number of ether oxygens (including phenoxy) is 1. The van der Waals surface area contributed by atoms with Gasteiger partial charge in [-0.2, -0.15) is 20.1 Å². The highest BCUT2D eigenvalue weighted by Gasteiger charge is 2.10. The fourth-order valence-corrected chi connectivity index (χ4v) is 1.71. The third-order valence-electron chi connectivity index (χ3n) is 2.62. The lowest BCUT2D eigenvalue weighted by Crippen LogP contribution is -2.24. The van der Waals surface area contributed by atoms with E-state index in [-0.39, 0.29) is 6.04 Å². The van der Waals surface area contributed by atoms with Gasteiger partial charge in [-0.15, -0.1) is 0 Å². The van der Waals surface area contributed by atoms with Crippen LogP contribution in [-0.2, 0) is 4.74 Å². The number of rotatable bonds is 8. The molecule has 0 bridgehead atoms. The Morgan fingerprint density at radius 1 is 1.24 bits per heavy atom. The van der Waals surface area contributed by atoms with Crippen LogP contribution < -0.4 is 10.6 Å². The molecule has 0 spiro atoms. The van der Waals surface area contributed by atoms with Gasteiger partial charge in [-0.1, -0.05) is 0 Å². The minimum Gasteiger partial charge on any atom is -0.380 e. The van der Waals surface area contributed by atoms with Crippen LogP contribution in [0.2, 0.25) is 0 Å². The lowest BCUT2D eigenvalue weighted by molar-refractivity contribution is 0.141. The summed E-state index contributed by atoms with van der Waals surface area (Å²) >= 11 is 0. The van der Waals surface area contributed by atoms with Gasteiger partial charge in [0, 0.05) is 31.6 Å². The van der Waals surface area contributed by atoms with Gasteiger partial charge >= 0.3 is 0 Å². The maximum atomic E-state index is 5.38. The Labute approximate surface area is 124 Å². The van der Waals surface area contributed by atoms with Crippen molar-refractivity contribution in [3.63, 3.8) is 0 Å². The standard InChI is InChI=1S/C13H21N7O/c1-4-14-11-17-12(16-10(3)9-21-5-2)19-13(18-11)20-8-6-7-15-20/h6-8,10H,4-5,9H2,1-3H3,(H2,14,16,17,18,19). The summed E-state index contributed by atoms with van der Waals surface area (Å²) < 4.78 is 6.98. The van der Waals surface area contributed by atoms with Crippen LogP contribution in [0.4, 0.5) is 11.9 Å². The third kappa shape index (κ3) is 4.38. The molecule has 0 saturated carbocycles. The van der Waals surface area contributed by atoms with Gasteiger partial charge in [0.05, 0.1) is 6.61 Å². The van der Waals surface area contributed by atoms with Crippen LogP contribution in [0.3, 0.4) is 0 Å². The van der Waals surface area contributed by atoms with Crippen molar-refractivity contribution in [3.8, 4) is 5.95 Å². The summed E-state index contributed by atoms with van der Waals surface area (Å²) in [6.07, 6.45) is 3.47. The van der Waals surface area contributed by atoms with Gasteiger partial charge in [-0.05, 0) is 26.8 Å². The van der Waals surface area contributed by atoms with Crippen LogP contribution in [0.1, 0.15) is 20.8 Å². The topological polar surface area (TPSA) is 89.8 Å². The molecule has 2 rings (SSSR count). The largest absolute Gasteiger partial charge is 0.380 e. The van der Waals surface area contributed by atoms with E-state index in [9.17, 15) is 0 Å². The number of hydrogen-bond donors (Lipinski definition) is 2. The molecule has 0 aromatic carbocycles. The van der Waals surface area contributed by atoms with Crippen molar-refractivity contribution in [2.45, 2.75) is 26.8 Å². The number of nitrogens with zero attached hydrogens (tertiary/aromatic N) is 5. The Bertz CT molecular complexity index is 543. The van der Waals surface area contributed by atoms with E-state index in [2.05, 4.69) is 30.7 Å². The summed E-state index contributed by atoms with van der Waals surface area (Å²) in [6.45, 7) is 7.98. The van der Waals surface area contributed by atoms with Crippen molar-refractivity contribution in [1.82, 2.24) is 24.7 Å². The quantitative estimate of drug-likeness (QED) is 0.758. The minimum absolute atomic E-state index is 0.104. The van der Waals surface area contributed by atoms with E-state index in [1.165, 1.54) is 0 Å². The molecule has 2 aromatic rings. The predicted molar refractivity (Wildman–Crippen MR) is 80.7 cm³/mol. The second-order valence-electron chi connectivity index (χ2n) is 4.47. The van der Waals surface area contributed by atoms with Crippen molar-refractivity contribution in [2.75, 3.05) is 30.4 Å². The van der Waals surface area contributed by atoms with Gasteiger partial charge in [0.2, 0.25) is 11.9 Å². The van der Waals surface area contributed by atoms with Gasteiger partial charge in [-0.25, -0.2) is 4.68 Å². The third-order valence-corrected chi connectivity index (χ3v) is 2.62. The summed E-state index contributed by atoms with van der Waals surface area (Å²) in [6, 6.07) is 1.92. The Balaban J connectivity index is 2.19. The lowest BCUT2D eigenvalue weighted by Gasteiger charge is -2.14. The zero-order valence-electron chi connectivity index (χ0n) is 12.6. The minimum atomic E-state index is 0.104. The summed E-state index contributed by atoms with van der Waals surface area (Å²) in [4.78, 5) is 13.0. The molecule has 21 heavy (non-hydrogen) atoms. The Kier molecular flexibility index (Phi) is 5.44. The molecule has 114 valence electrons. The molecule has 0 aliphatic heterocycles. The highest BCUT2D eigenvalue weighted by molar-refractivity contribution is 5.38. The fourth-order valence-electron chi connectivity index (χ4n) is 1.71. The van der Waals surface area contributed by atoms with Gasteiger partial charge in [0.1, 0.15) is 0 Å². The van der Waals surface area contributed by atoms with Crippen molar-refractivity contribution >= 4 is 11.9 Å². The first kappa shape index (κ1) is 15.2. The number of anilines is 2. The molecule has 2 aromatic heterocycles. The normalized spacial score (nSPS) is 12.1. The SMILES string of the molecule is CCNc1nc(NC(C)COCC)nc(-n2cccn2)n1. The first-order chi connectivity index (χ1) is 10.2. The molecule has 0 aliphatic rings. The molecule has 0 aliphatic carbocycles. The second kappa shape index (κ2) is 7.53. The smallest absolute Gasteiger partial charge is 0.257 e. The molecule has 2 N–H and O–H groups in total. The highest BCUT2D eigenvalue weighted by Crippen LogP contribution is 2.09. The van der Waals surface area contributed by atoms with Crippen LogP contribution >= 0.6 is 0 Å². The number of aromatic nitrogens is 5. The monoisotopic (exact) mass is 291 g/mol. The molecule has 0 radical (unpaired) electrons. The molecule has 0 saturated heterocycles. The van der Waals surface area contributed by atoms with Crippen LogP contribution in [0.5, 0.6) is 0 Å². The number of nitrogens with one attached hydrogen (secondary N) is 2. The zero-order valence-corrected chi connectivity index (χ0v) is 12.6. The Hall–Kier alpha value is -2.22. The summed E-state index contributed by atoms with van der Waals surface area (Å²) in [5.74, 6) is 1.49. The lowest BCUT2D eigenvalue weighted by atomic mass is 10.4. The summed E-state index contributed by atoms with van der Waals surface area (Å²) in [7, 11) is 0. The van der Waals surface area contributed by atoms with Gasteiger partial charge in [0.25, 0.3) is 5.95 Å². The molecule has 8 nitrogen and oxygen atoms in total. The molecule has 8 heteroatoms. The molecule has 2 heterocycles. The van der Waals surface area contributed by atoms with Gasteiger partial charge in [0.15, 0.2) is 0 Å². The molecule has 0 amide bonds. The van der Waals surface area contributed by atoms with Crippen molar-refractivity contribution < 1.29 is 4.74 Å². The average Bonchev–Trinajstić information content (AvgIpc) is 2.99. The van der Waals surface area contributed by atoms with Crippen LogP contribution in [0, 0.1) is 0 Å². The average molecular weight is 291 g/mol. The highest BCUT2D eigenvalue weighted by atomic mass is 16.5. The van der Waals surface area contributed by atoms with Crippen molar-refractivity contribution in [1.29, 1.82) is 0 Å².